The Morgan fingerprint density at radius 3 is 2.71 bits per heavy atom. The number of H-pyrrole nitrogens is 1. The molecule has 1 aromatic heterocycles. The molecule has 7 nitrogen and oxygen atoms in total. The zero-order valence-electron chi connectivity index (χ0n) is 12.4. The van der Waals surface area contributed by atoms with E-state index in [1.54, 1.807) is 0 Å². The standard InChI is InChI=1S/C14H12F3N3O4/c1-24-10(21)4-7-5-18-8-2-6(14(15,16)17)3-9-11(8)20(7)13(23)12(22)19-9/h2-3,7,18H,4-5H2,1H3,(H,19,22). The van der Waals surface area contributed by atoms with E-state index in [9.17, 15) is 27.6 Å². The van der Waals surface area contributed by atoms with Crippen molar-refractivity contribution in [3.05, 3.63) is 38.4 Å². The number of alkyl halides is 3. The van der Waals surface area contributed by atoms with Crippen molar-refractivity contribution < 1.29 is 22.7 Å². The highest BCUT2D eigenvalue weighted by Gasteiger charge is 2.34. The molecular formula is C14H12F3N3O4. The molecule has 0 saturated carbocycles. The van der Waals surface area contributed by atoms with Crippen LogP contribution in [0.25, 0.3) is 11.0 Å². The SMILES string of the molecule is COC(=O)CC1CNc2cc(C(F)(F)F)cc3[nH]c(=O)c(=O)n1c23. The largest absolute Gasteiger partial charge is 0.469 e. The van der Waals surface area contributed by atoms with Crippen LogP contribution in [0.15, 0.2) is 21.7 Å². The highest BCUT2D eigenvalue weighted by molar-refractivity contribution is 5.90. The number of esters is 1. The predicted molar refractivity (Wildman–Crippen MR) is 78.0 cm³/mol. The van der Waals surface area contributed by atoms with E-state index in [0.29, 0.717) is 0 Å². The maximum absolute atomic E-state index is 13.0. The number of carbonyl (C=O) groups is 1. The number of hydrogen-bond donors (Lipinski definition) is 2. The van der Waals surface area contributed by atoms with Gasteiger partial charge in [-0.05, 0) is 12.1 Å². The third-order valence-corrected chi connectivity index (χ3v) is 3.86. The first-order valence-electron chi connectivity index (χ1n) is 6.93. The summed E-state index contributed by atoms with van der Waals surface area (Å²) >= 11 is 0. The Labute approximate surface area is 132 Å². The van der Waals surface area contributed by atoms with Crippen molar-refractivity contribution in [1.82, 2.24) is 9.55 Å². The van der Waals surface area contributed by atoms with E-state index in [4.69, 9.17) is 0 Å². The van der Waals surface area contributed by atoms with E-state index in [2.05, 4.69) is 15.0 Å². The van der Waals surface area contributed by atoms with Crippen molar-refractivity contribution in [3.63, 3.8) is 0 Å². The van der Waals surface area contributed by atoms with Gasteiger partial charge in [-0.3, -0.25) is 19.0 Å². The van der Waals surface area contributed by atoms with Crippen molar-refractivity contribution in [2.75, 3.05) is 19.0 Å². The van der Waals surface area contributed by atoms with Crippen LogP contribution in [0.2, 0.25) is 0 Å². The number of halogens is 3. The second-order valence-electron chi connectivity index (χ2n) is 5.36. The fourth-order valence-corrected chi connectivity index (χ4v) is 2.78. The molecule has 1 atom stereocenters. The maximum atomic E-state index is 13.0. The lowest BCUT2D eigenvalue weighted by Gasteiger charge is -2.28. The van der Waals surface area contributed by atoms with Crippen LogP contribution in [0.5, 0.6) is 0 Å². The van der Waals surface area contributed by atoms with Gasteiger partial charge >= 0.3 is 23.3 Å². The van der Waals surface area contributed by atoms with Gasteiger partial charge in [0.25, 0.3) is 0 Å². The number of rotatable bonds is 2. The molecule has 3 rings (SSSR count). The number of anilines is 1. The lowest BCUT2D eigenvalue weighted by atomic mass is 10.1. The van der Waals surface area contributed by atoms with Gasteiger partial charge in [-0.15, -0.1) is 0 Å². The van der Waals surface area contributed by atoms with Crippen LogP contribution in [0.3, 0.4) is 0 Å². The molecule has 0 aliphatic carbocycles. The zero-order chi connectivity index (χ0) is 17.6. The molecule has 24 heavy (non-hydrogen) atoms. The summed E-state index contributed by atoms with van der Waals surface area (Å²) in [5, 5.41) is 2.78. The van der Waals surface area contributed by atoms with Gasteiger partial charge in [-0.25, -0.2) is 0 Å². The number of nitrogens with zero attached hydrogens (tertiary/aromatic N) is 1. The second kappa shape index (κ2) is 5.39. The topological polar surface area (TPSA) is 93.2 Å². The van der Waals surface area contributed by atoms with Gasteiger partial charge in [-0.2, -0.15) is 13.2 Å². The number of aromatic amines is 1. The van der Waals surface area contributed by atoms with Gasteiger partial charge in [0.15, 0.2) is 0 Å². The molecule has 1 aromatic carbocycles. The molecule has 0 spiro atoms. The minimum atomic E-state index is -4.60. The Hall–Kier alpha value is -2.78. The first-order valence-corrected chi connectivity index (χ1v) is 6.93. The average Bonchev–Trinajstić information content (AvgIpc) is 2.52. The molecule has 0 radical (unpaired) electrons. The molecule has 1 aliphatic heterocycles. The fraction of sp³-hybridized carbons (Fsp3) is 0.357. The van der Waals surface area contributed by atoms with Crippen LogP contribution in [-0.4, -0.2) is 29.2 Å². The average molecular weight is 343 g/mol. The van der Waals surface area contributed by atoms with Crippen molar-refractivity contribution in [3.8, 4) is 0 Å². The lowest BCUT2D eigenvalue weighted by Crippen LogP contribution is -2.43. The number of ether oxygens (including phenoxy) is 1. The van der Waals surface area contributed by atoms with Crippen molar-refractivity contribution in [1.29, 1.82) is 0 Å². The first kappa shape index (κ1) is 16.1. The van der Waals surface area contributed by atoms with Crippen LogP contribution in [0.1, 0.15) is 18.0 Å². The Kier molecular flexibility index (Phi) is 3.61. The monoisotopic (exact) mass is 343 g/mol. The minimum Gasteiger partial charge on any atom is -0.469 e. The Balaban J connectivity index is 2.30. The third kappa shape index (κ3) is 2.53. The molecule has 0 saturated heterocycles. The molecule has 0 amide bonds. The summed E-state index contributed by atoms with van der Waals surface area (Å²) in [5.74, 6) is -0.600. The fourth-order valence-electron chi connectivity index (χ4n) is 2.78. The van der Waals surface area contributed by atoms with E-state index in [1.165, 1.54) is 7.11 Å². The molecule has 0 fully saturated rings. The minimum absolute atomic E-state index is 0.0157. The number of carbonyl (C=O) groups excluding carboxylic acids is 1. The zero-order valence-corrected chi connectivity index (χ0v) is 12.4. The molecule has 2 aromatic rings. The first-order chi connectivity index (χ1) is 11.2. The summed E-state index contributed by atoms with van der Waals surface area (Å²) in [4.78, 5) is 37.6. The van der Waals surface area contributed by atoms with Gasteiger partial charge < -0.3 is 15.0 Å². The van der Waals surface area contributed by atoms with Crippen molar-refractivity contribution in [2.45, 2.75) is 18.6 Å². The quantitative estimate of drug-likeness (QED) is 0.632. The summed E-state index contributed by atoms with van der Waals surface area (Å²) in [5.41, 5.74) is -2.89. The number of benzene rings is 1. The van der Waals surface area contributed by atoms with E-state index < -0.39 is 34.9 Å². The van der Waals surface area contributed by atoms with E-state index >= 15 is 0 Å². The Morgan fingerprint density at radius 1 is 1.38 bits per heavy atom. The molecule has 128 valence electrons. The molecule has 10 heteroatoms. The maximum Gasteiger partial charge on any atom is 0.416 e. The summed E-state index contributed by atoms with van der Waals surface area (Å²) in [6.45, 7) is 0.0157. The molecule has 0 bridgehead atoms. The molecule has 2 heterocycles. The predicted octanol–water partition coefficient (Wildman–Crippen LogP) is 1.24. The van der Waals surface area contributed by atoms with Crippen LogP contribution in [0, 0.1) is 0 Å². The normalized spacial score (nSPS) is 16.8. The molecule has 1 aliphatic rings. The van der Waals surface area contributed by atoms with Crippen LogP contribution < -0.4 is 16.4 Å². The van der Waals surface area contributed by atoms with E-state index in [0.717, 1.165) is 16.7 Å². The lowest BCUT2D eigenvalue weighted by molar-refractivity contribution is -0.141. The second-order valence-corrected chi connectivity index (χ2v) is 5.36. The van der Waals surface area contributed by atoms with Gasteiger partial charge in [0.05, 0.1) is 41.9 Å². The smallest absolute Gasteiger partial charge is 0.416 e. The summed E-state index contributed by atoms with van der Waals surface area (Å²) < 4.78 is 44.5. The van der Waals surface area contributed by atoms with E-state index in [1.807, 2.05) is 0 Å². The van der Waals surface area contributed by atoms with Crippen LogP contribution in [-0.2, 0) is 15.7 Å². The van der Waals surface area contributed by atoms with Gasteiger partial charge in [-0.1, -0.05) is 0 Å². The van der Waals surface area contributed by atoms with Crippen LogP contribution >= 0.6 is 0 Å². The summed E-state index contributed by atoms with van der Waals surface area (Å²) in [6, 6.07) is 0.891. The van der Waals surface area contributed by atoms with Crippen molar-refractivity contribution in [2.24, 2.45) is 0 Å². The third-order valence-electron chi connectivity index (χ3n) is 3.86. The van der Waals surface area contributed by atoms with E-state index in [-0.39, 0.29) is 29.7 Å². The Morgan fingerprint density at radius 2 is 2.08 bits per heavy atom. The number of methoxy groups -OCH3 is 1. The number of hydrogen-bond acceptors (Lipinski definition) is 5. The summed E-state index contributed by atoms with van der Waals surface area (Å²) in [6.07, 6.45) is -4.80. The summed E-state index contributed by atoms with van der Waals surface area (Å²) in [7, 11) is 1.18. The number of nitrogens with one attached hydrogen (secondary N) is 2. The molecule has 1 unspecified atom stereocenters. The Bertz CT molecular complexity index is 945. The molecule has 2 N–H and O–H groups in total. The van der Waals surface area contributed by atoms with Gasteiger partial charge in [0, 0.05) is 6.54 Å². The van der Waals surface area contributed by atoms with Gasteiger partial charge in [0.2, 0.25) is 0 Å². The number of aromatic nitrogens is 2. The highest BCUT2D eigenvalue weighted by Crippen LogP contribution is 2.36. The van der Waals surface area contributed by atoms with Crippen molar-refractivity contribution >= 4 is 22.7 Å². The highest BCUT2D eigenvalue weighted by atomic mass is 19.4. The molecular weight excluding hydrogens is 331 g/mol. The van der Waals surface area contributed by atoms with Crippen LogP contribution in [0.4, 0.5) is 18.9 Å². The van der Waals surface area contributed by atoms with Gasteiger partial charge in [0.1, 0.15) is 0 Å².